The van der Waals surface area contributed by atoms with Crippen molar-refractivity contribution in [3.8, 4) is 0 Å². The molecule has 5 nitrogen and oxygen atoms in total. The van der Waals surface area contributed by atoms with E-state index in [9.17, 15) is 14.4 Å². The summed E-state index contributed by atoms with van der Waals surface area (Å²) in [6.45, 7) is 1.14. The van der Waals surface area contributed by atoms with E-state index in [2.05, 4.69) is 0 Å². The van der Waals surface area contributed by atoms with E-state index in [4.69, 9.17) is 5.11 Å². The van der Waals surface area contributed by atoms with Gasteiger partial charge in [-0.3, -0.25) is 14.4 Å². The number of carboxylic acid groups (broad SMARTS) is 1. The number of carbonyl (C=O) groups excluding carboxylic acids is 2. The monoisotopic (exact) mass is 321 g/mol. The lowest BCUT2D eigenvalue weighted by Gasteiger charge is -2.28. The molecule has 1 aromatic rings. The molecule has 0 saturated heterocycles. The zero-order chi connectivity index (χ0) is 16.1. The Morgan fingerprint density at radius 3 is 2.45 bits per heavy atom. The maximum atomic E-state index is 12.8. The summed E-state index contributed by atoms with van der Waals surface area (Å²) in [4.78, 5) is 37.3. The number of benzene rings is 1. The number of carbonyl (C=O) groups is 3. The van der Waals surface area contributed by atoms with Crippen LogP contribution < -0.4 is 0 Å². The van der Waals surface area contributed by atoms with E-state index in [0.29, 0.717) is 10.5 Å². The molecule has 22 heavy (non-hydrogen) atoms. The fourth-order valence-corrected chi connectivity index (χ4v) is 3.49. The van der Waals surface area contributed by atoms with Crippen LogP contribution in [0.1, 0.15) is 43.0 Å². The van der Waals surface area contributed by atoms with Gasteiger partial charge in [-0.1, -0.05) is 36.7 Å². The number of aliphatic carboxylic acids is 1. The first-order valence-electron chi connectivity index (χ1n) is 7.29. The summed E-state index contributed by atoms with van der Waals surface area (Å²) in [5.41, 5.74) is 0.399. The van der Waals surface area contributed by atoms with Crippen LogP contribution in [0.15, 0.2) is 29.2 Å². The minimum atomic E-state index is -1.02. The molecule has 1 N–H and O–H groups in total. The van der Waals surface area contributed by atoms with Crippen molar-refractivity contribution in [2.45, 2.75) is 43.5 Å². The topological polar surface area (TPSA) is 74.7 Å². The van der Waals surface area contributed by atoms with Crippen molar-refractivity contribution >= 4 is 28.8 Å². The quantitative estimate of drug-likeness (QED) is 0.844. The molecule has 2 rings (SSSR count). The van der Waals surface area contributed by atoms with Crippen LogP contribution in [0.4, 0.5) is 0 Å². The molecule has 6 heteroatoms. The van der Waals surface area contributed by atoms with Crippen LogP contribution in [0.5, 0.6) is 0 Å². The van der Waals surface area contributed by atoms with E-state index < -0.39 is 5.97 Å². The van der Waals surface area contributed by atoms with Crippen molar-refractivity contribution < 1.29 is 19.5 Å². The van der Waals surface area contributed by atoms with Gasteiger partial charge in [0.05, 0.1) is 5.56 Å². The Hall–Kier alpha value is -1.82. The molecule has 0 unspecified atom stereocenters. The lowest BCUT2D eigenvalue weighted by atomic mass is 10.1. The van der Waals surface area contributed by atoms with Crippen LogP contribution in [-0.4, -0.2) is 39.6 Å². The van der Waals surface area contributed by atoms with Crippen LogP contribution in [-0.2, 0) is 9.59 Å². The first kappa shape index (κ1) is 16.5. The maximum Gasteiger partial charge on any atom is 0.323 e. The Balaban J connectivity index is 2.29. The number of nitrogens with zero attached hydrogens (tertiary/aromatic N) is 1. The third-order valence-corrected chi connectivity index (χ3v) is 4.57. The molecule has 1 fully saturated rings. The summed E-state index contributed by atoms with van der Waals surface area (Å²) < 4.78 is 0. The van der Waals surface area contributed by atoms with Crippen molar-refractivity contribution in [2.24, 2.45) is 0 Å². The van der Waals surface area contributed by atoms with E-state index in [1.807, 2.05) is 0 Å². The van der Waals surface area contributed by atoms with Crippen molar-refractivity contribution in [1.82, 2.24) is 4.90 Å². The van der Waals surface area contributed by atoms with Crippen LogP contribution in [0.25, 0.3) is 0 Å². The molecule has 0 bridgehead atoms. The molecule has 0 radical (unpaired) electrons. The van der Waals surface area contributed by atoms with Crippen LogP contribution in [0.3, 0.4) is 0 Å². The summed E-state index contributed by atoms with van der Waals surface area (Å²) in [7, 11) is 0. The molecule has 1 saturated carbocycles. The van der Waals surface area contributed by atoms with E-state index in [1.54, 1.807) is 24.3 Å². The van der Waals surface area contributed by atoms with Gasteiger partial charge < -0.3 is 10.0 Å². The number of thioether (sulfide) groups is 1. The Labute approximate surface area is 133 Å². The molecule has 1 amide bonds. The minimum absolute atomic E-state index is 0.0287. The van der Waals surface area contributed by atoms with Gasteiger partial charge in [0.15, 0.2) is 5.12 Å². The van der Waals surface area contributed by atoms with Crippen molar-refractivity contribution in [3.05, 3.63) is 29.8 Å². The zero-order valence-corrected chi connectivity index (χ0v) is 13.3. The number of hydrogen-bond donors (Lipinski definition) is 1. The van der Waals surface area contributed by atoms with Gasteiger partial charge in [0.1, 0.15) is 6.54 Å². The fourth-order valence-electron chi connectivity index (χ4n) is 2.77. The van der Waals surface area contributed by atoms with Crippen molar-refractivity contribution in [1.29, 1.82) is 0 Å². The molecule has 0 aromatic heterocycles. The highest BCUT2D eigenvalue weighted by atomic mass is 32.2. The third-order valence-electron chi connectivity index (χ3n) is 3.70. The van der Waals surface area contributed by atoms with Gasteiger partial charge in [-0.2, -0.15) is 0 Å². The third kappa shape index (κ3) is 4.10. The van der Waals surface area contributed by atoms with Gasteiger partial charge >= 0.3 is 5.97 Å². The summed E-state index contributed by atoms with van der Waals surface area (Å²) >= 11 is 0.998. The van der Waals surface area contributed by atoms with E-state index in [-0.39, 0.29) is 23.6 Å². The molecule has 1 aliphatic carbocycles. The number of hydrogen-bond acceptors (Lipinski definition) is 4. The SMILES string of the molecule is CC(=O)Sc1ccccc1C(=O)N(CC(=O)O)C1CCCC1. The van der Waals surface area contributed by atoms with Crippen LogP contribution >= 0.6 is 11.8 Å². The van der Waals surface area contributed by atoms with Crippen LogP contribution in [0, 0.1) is 0 Å². The second-order valence-electron chi connectivity index (χ2n) is 5.35. The molecule has 0 spiro atoms. The summed E-state index contributed by atoms with van der Waals surface area (Å²) in [5, 5.41) is 9.00. The van der Waals surface area contributed by atoms with Gasteiger partial charge in [0.2, 0.25) is 0 Å². The maximum absolute atomic E-state index is 12.8. The molecule has 1 aromatic carbocycles. The highest BCUT2D eigenvalue weighted by Crippen LogP contribution is 2.28. The van der Waals surface area contributed by atoms with E-state index >= 15 is 0 Å². The van der Waals surface area contributed by atoms with Crippen molar-refractivity contribution in [3.63, 3.8) is 0 Å². The predicted molar refractivity (Wildman–Crippen MR) is 83.9 cm³/mol. The van der Waals surface area contributed by atoms with Crippen molar-refractivity contribution in [2.75, 3.05) is 6.54 Å². The predicted octanol–water partition coefficient (Wildman–Crippen LogP) is 2.79. The average Bonchev–Trinajstić information content (AvgIpc) is 2.98. The number of carboxylic acids is 1. The summed E-state index contributed by atoms with van der Waals surface area (Å²) in [6, 6.07) is 6.83. The normalized spacial score (nSPS) is 14.8. The van der Waals surface area contributed by atoms with Gasteiger partial charge in [-0.15, -0.1) is 0 Å². The Bertz CT molecular complexity index is 581. The molecule has 0 atom stereocenters. The van der Waals surface area contributed by atoms with Gasteiger partial charge in [-0.25, -0.2) is 0 Å². The van der Waals surface area contributed by atoms with Crippen LogP contribution in [0.2, 0.25) is 0 Å². The molecular weight excluding hydrogens is 302 g/mol. The molecule has 1 aliphatic rings. The smallest absolute Gasteiger partial charge is 0.323 e. The largest absolute Gasteiger partial charge is 0.480 e. The highest BCUT2D eigenvalue weighted by Gasteiger charge is 2.30. The molecule has 0 heterocycles. The zero-order valence-electron chi connectivity index (χ0n) is 12.4. The Morgan fingerprint density at radius 1 is 1.23 bits per heavy atom. The van der Waals surface area contributed by atoms with E-state index in [1.165, 1.54) is 11.8 Å². The number of rotatable bonds is 5. The Kier molecular flexibility index (Phi) is 5.60. The summed E-state index contributed by atoms with van der Waals surface area (Å²) in [6.07, 6.45) is 3.69. The second kappa shape index (κ2) is 7.45. The average molecular weight is 321 g/mol. The van der Waals surface area contributed by atoms with Gasteiger partial charge in [0, 0.05) is 17.9 Å². The Morgan fingerprint density at radius 2 is 1.86 bits per heavy atom. The van der Waals surface area contributed by atoms with E-state index in [0.717, 1.165) is 37.4 Å². The van der Waals surface area contributed by atoms with Gasteiger partial charge in [0.25, 0.3) is 5.91 Å². The fraction of sp³-hybridized carbons (Fsp3) is 0.438. The standard InChI is InChI=1S/C16H19NO4S/c1-11(18)22-14-9-5-4-8-13(14)16(21)17(10-15(19)20)12-6-2-3-7-12/h4-5,8-9,12H,2-3,6-7,10H2,1H3,(H,19,20). The van der Waals surface area contributed by atoms with Gasteiger partial charge in [-0.05, 0) is 25.0 Å². The molecule has 118 valence electrons. The minimum Gasteiger partial charge on any atom is -0.480 e. The lowest BCUT2D eigenvalue weighted by Crippen LogP contribution is -2.42. The first-order valence-corrected chi connectivity index (χ1v) is 8.11. The molecule has 0 aliphatic heterocycles. The summed E-state index contributed by atoms with van der Waals surface area (Å²) in [5.74, 6) is -1.32. The highest BCUT2D eigenvalue weighted by molar-refractivity contribution is 8.13. The lowest BCUT2D eigenvalue weighted by molar-refractivity contribution is -0.138. The first-order chi connectivity index (χ1) is 10.5. The number of amides is 1. The molecular formula is C16H19NO4S. The second-order valence-corrected chi connectivity index (χ2v) is 6.57.